The number of benzene rings is 1. The maximum absolute atomic E-state index is 12.9. The van der Waals surface area contributed by atoms with Gasteiger partial charge in [-0.15, -0.1) is 0 Å². The van der Waals surface area contributed by atoms with Gasteiger partial charge in [-0.05, 0) is 23.8 Å². The van der Waals surface area contributed by atoms with Crippen LogP contribution < -0.4 is 5.90 Å². The Hall–Kier alpha value is -1.14. The van der Waals surface area contributed by atoms with Crippen molar-refractivity contribution in [2.24, 2.45) is 5.90 Å². The lowest BCUT2D eigenvalue weighted by Gasteiger charge is -2.17. The van der Waals surface area contributed by atoms with Gasteiger partial charge in [0.05, 0.1) is 12.2 Å². The van der Waals surface area contributed by atoms with Crippen LogP contribution in [0.15, 0.2) is 18.2 Å². The first kappa shape index (κ1) is 12.9. The second-order valence-corrected chi connectivity index (χ2v) is 3.46. The molecular formula is C10H11F4NO. The molecule has 0 bridgehead atoms. The van der Waals surface area contributed by atoms with E-state index in [0.29, 0.717) is 0 Å². The lowest BCUT2D eigenvalue weighted by molar-refractivity contribution is -0.138. The van der Waals surface area contributed by atoms with Crippen molar-refractivity contribution in [3.8, 4) is 0 Å². The fourth-order valence-electron chi connectivity index (χ4n) is 1.43. The second kappa shape index (κ2) is 4.80. The standard InChI is InChI=1S/C10H11F4NO/c1-6(5-16-15)8-4-7(11)2-3-9(8)10(12,13)14/h2-4,6H,5,15H2,1H3. The number of hydrogen-bond donors (Lipinski definition) is 1. The normalized spacial score (nSPS) is 13.9. The lowest BCUT2D eigenvalue weighted by Crippen LogP contribution is -2.15. The van der Waals surface area contributed by atoms with Crippen molar-refractivity contribution in [3.63, 3.8) is 0 Å². The zero-order valence-electron chi connectivity index (χ0n) is 8.51. The topological polar surface area (TPSA) is 35.2 Å². The van der Waals surface area contributed by atoms with Gasteiger partial charge < -0.3 is 4.84 Å². The smallest absolute Gasteiger partial charge is 0.304 e. The largest absolute Gasteiger partial charge is 0.416 e. The van der Waals surface area contributed by atoms with Gasteiger partial charge in [-0.3, -0.25) is 0 Å². The monoisotopic (exact) mass is 237 g/mol. The highest BCUT2D eigenvalue weighted by atomic mass is 19.4. The molecule has 0 aliphatic rings. The highest BCUT2D eigenvalue weighted by Crippen LogP contribution is 2.35. The van der Waals surface area contributed by atoms with Crippen molar-refractivity contribution in [1.82, 2.24) is 0 Å². The van der Waals surface area contributed by atoms with E-state index in [-0.39, 0.29) is 12.2 Å². The Bertz CT molecular complexity index is 364. The van der Waals surface area contributed by atoms with Crippen LogP contribution in [0, 0.1) is 5.82 Å². The molecule has 0 fully saturated rings. The maximum Gasteiger partial charge on any atom is 0.416 e. The van der Waals surface area contributed by atoms with Gasteiger partial charge >= 0.3 is 6.18 Å². The molecule has 0 aromatic heterocycles. The third kappa shape index (κ3) is 2.93. The quantitative estimate of drug-likeness (QED) is 0.648. The number of alkyl halides is 3. The van der Waals surface area contributed by atoms with Gasteiger partial charge in [0, 0.05) is 5.92 Å². The van der Waals surface area contributed by atoms with Gasteiger partial charge in [-0.25, -0.2) is 10.3 Å². The summed E-state index contributed by atoms with van der Waals surface area (Å²) >= 11 is 0. The predicted octanol–water partition coefficient (Wildman–Crippen LogP) is 2.84. The minimum Gasteiger partial charge on any atom is -0.304 e. The maximum atomic E-state index is 12.9. The minimum atomic E-state index is -4.51. The van der Waals surface area contributed by atoms with E-state index in [2.05, 4.69) is 4.84 Å². The molecular weight excluding hydrogens is 226 g/mol. The summed E-state index contributed by atoms with van der Waals surface area (Å²) in [6.45, 7) is 1.38. The predicted molar refractivity (Wildman–Crippen MR) is 50.0 cm³/mol. The molecule has 6 heteroatoms. The zero-order chi connectivity index (χ0) is 12.3. The van der Waals surface area contributed by atoms with E-state index in [1.54, 1.807) is 0 Å². The molecule has 1 aromatic carbocycles. The SMILES string of the molecule is CC(CON)c1cc(F)ccc1C(F)(F)F. The van der Waals surface area contributed by atoms with Gasteiger partial charge in [0.1, 0.15) is 5.82 Å². The van der Waals surface area contributed by atoms with Crippen molar-refractivity contribution in [1.29, 1.82) is 0 Å². The zero-order valence-corrected chi connectivity index (χ0v) is 8.51. The molecule has 2 N–H and O–H groups in total. The van der Waals surface area contributed by atoms with E-state index in [9.17, 15) is 17.6 Å². The molecule has 0 heterocycles. The van der Waals surface area contributed by atoms with Crippen LogP contribution >= 0.6 is 0 Å². The molecule has 0 saturated carbocycles. The van der Waals surface area contributed by atoms with Crippen molar-refractivity contribution in [2.45, 2.75) is 19.0 Å². The van der Waals surface area contributed by atoms with Crippen molar-refractivity contribution < 1.29 is 22.4 Å². The third-order valence-electron chi connectivity index (χ3n) is 2.20. The Morgan fingerprint density at radius 2 is 2.00 bits per heavy atom. The lowest BCUT2D eigenvalue weighted by atomic mass is 9.96. The molecule has 0 amide bonds. The summed E-state index contributed by atoms with van der Waals surface area (Å²) in [6, 6.07) is 2.35. The van der Waals surface area contributed by atoms with Crippen LogP contribution in [0.3, 0.4) is 0 Å². The van der Waals surface area contributed by atoms with Crippen LogP contribution in [0.4, 0.5) is 17.6 Å². The average Bonchev–Trinajstić information content (AvgIpc) is 2.16. The van der Waals surface area contributed by atoms with Crippen LogP contribution in [-0.4, -0.2) is 6.61 Å². The number of hydrogen-bond acceptors (Lipinski definition) is 2. The molecule has 90 valence electrons. The fourth-order valence-corrected chi connectivity index (χ4v) is 1.43. The van der Waals surface area contributed by atoms with E-state index < -0.39 is 23.5 Å². The second-order valence-electron chi connectivity index (χ2n) is 3.46. The van der Waals surface area contributed by atoms with Crippen LogP contribution in [0.5, 0.6) is 0 Å². The Morgan fingerprint density at radius 1 is 1.38 bits per heavy atom. The molecule has 2 nitrogen and oxygen atoms in total. The fraction of sp³-hybridized carbons (Fsp3) is 0.400. The molecule has 0 aliphatic heterocycles. The number of halogens is 4. The Kier molecular flexibility index (Phi) is 3.88. The van der Waals surface area contributed by atoms with Crippen molar-refractivity contribution in [3.05, 3.63) is 35.1 Å². The molecule has 16 heavy (non-hydrogen) atoms. The highest BCUT2D eigenvalue weighted by molar-refractivity contribution is 5.33. The van der Waals surface area contributed by atoms with Gasteiger partial charge in [-0.1, -0.05) is 6.92 Å². The van der Waals surface area contributed by atoms with Crippen LogP contribution in [0.25, 0.3) is 0 Å². The van der Waals surface area contributed by atoms with Gasteiger partial charge in [0.15, 0.2) is 0 Å². The molecule has 0 saturated heterocycles. The highest BCUT2D eigenvalue weighted by Gasteiger charge is 2.34. The summed E-state index contributed by atoms with van der Waals surface area (Å²) in [5.41, 5.74) is -1.02. The van der Waals surface area contributed by atoms with E-state index in [1.165, 1.54) is 6.92 Å². The summed E-state index contributed by atoms with van der Waals surface area (Å²) in [6.07, 6.45) is -4.51. The average molecular weight is 237 g/mol. The first-order chi connectivity index (χ1) is 7.36. The van der Waals surface area contributed by atoms with E-state index in [0.717, 1.165) is 18.2 Å². The summed E-state index contributed by atoms with van der Waals surface area (Å²) in [5, 5.41) is 0. The van der Waals surface area contributed by atoms with Crippen LogP contribution in [0.2, 0.25) is 0 Å². The van der Waals surface area contributed by atoms with Gasteiger partial charge in [-0.2, -0.15) is 13.2 Å². The molecule has 0 aliphatic carbocycles. The summed E-state index contributed by atoms with van der Waals surface area (Å²) in [7, 11) is 0. The molecule has 1 atom stereocenters. The van der Waals surface area contributed by atoms with Crippen molar-refractivity contribution >= 4 is 0 Å². The molecule has 1 aromatic rings. The molecule has 1 rings (SSSR count). The van der Waals surface area contributed by atoms with Gasteiger partial charge in [0.2, 0.25) is 0 Å². The number of nitrogens with two attached hydrogens (primary N) is 1. The first-order valence-corrected chi connectivity index (χ1v) is 4.54. The summed E-state index contributed by atoms with van der Waals surface area (Å²) in [4.78, 5) is 4.28. The third-order valence-corrected chi connectivity index (χ3v) is 2.20. The Labute approximate surface area is 90.0 Å². The van der Waals surface area contributed by atoms with Gasteiger partial charge in [0.25, 0.3) is 0 Å². The summed E-state index contributed by atoms with van der Waals surface area (Å²) in [5.74, 6) is 3.45. The van der Waals surface area contributed by atoms with Crippen LogP contribution in [0.1, 0.15) is 24.0 Å². The van der Waals surface area contributed by atoms with E-state index in [4.69, 9.17) is 5.90 Å². The van der Waals surface area contributed by atoms with Crippen LogP contribution in [-0.2, 0) is 11.0 Å². The molecule has 1 unspecified atom stereocenters. The Morgan fingerprint density at radius 3 is 2.50 bits per heavy atom. The number of rotatable bonds is 3. The molecule has 0 spiro atoms. The van der Waals surface area contributed by atoms with E-state index >= 15 is 0 Å². The summed E-state index contributed by atoms with van der Waals surface area (Å²) < 4.78 is 50.7. The Balaban J connectivity index is 3.18. The minimum absolute atomic E-state index is 0.105. The molecule has 0 radical (unpaired) electrons. The first-order valence-electron chi connectivity index (χ1n) is 4.54. The van der Waals surface area contributed by atoms with Crippen molar-refractivity contribution in [2.75, 3.05) is 6.61 Å². The van der Waals surface area contributed by atoms with E-state index in [1.807, 2.05) is 0 Å².